The van der Waals surface area contributed by atoms with Crippen LogP contribution in [0.3, 0.4) is 0 Å². The van der Waals surface area contributed by atoms with Crippen molar-refractivity contribution in [3.8, 4) is 11.5 Å². The number of benzene rings is 1. The van der Waals surface area contributed by atoms with Gasteiger partial charge in [0.05, 0.1) is 20.1 Å². The molecule has 1 aromatic carbocycles. The van der Waals surface area contributed by atoms with Crippen LogP contribution in [0.2, 0.25) is 0 Å². The first kappa shape index (κ1) is 15.6. The molecule has 1 aliphatic rings. The Bertz CT molecular complexity index is 486. The first-order valence-corrected chi connectivity index (χ1v) is 7.41. The van der Waals surface area contributed by atoms with Crippen molar-refractivity contribution < 1.29 is 14.3 Å². The van der Waals surface area contributed by atoms with Gasteiger partial charge in [0.2, 0.25) is 5.91 Å². The second-order valence-corrected chi connectivity index (χ2v) is 5.36. The predicted molar refractivity (Wildman–Crippen MR) is 81.7 cm³/mol. The molecule has 0 aromatic heterocycles. The molecule has 116 valence electrons. The third-order valence-corrected chi connectivity index (χ3v) is 3.65. The Balaban J connectivity index is 1.87. The lowest BCUT2D eigenvalue weighted by atomic mass is 10.1. The molecule has 21 heavy (non-hydrogen) atoms. The maximum Gasteiger partial charge on any atom is 0.223 e. The molecule has 1 atom stereocenters. The van der Waals surface area contributed by atoms with Gasteiger partial charge in [-0.05, 0) is 44.5 Å². The molecule has 1 aliphatic carbocycles. The third kappa shape index (κ3) is 4.63. The molecular weight excluding hydrogens is 268 g/mol. The lowest BCUT2D eigenvalue weighted by Gasteiger charge is -2.15. The van der Waals surface area contributed by atoms with E-state index in [2.05, 4.69) is 17.6 Å². The first-order valence-electron chi connectivity index (χ1n) is 7.41. The van der Waals surface area contributed by atoms with Gasteiger partial charge in [-0.15, -0.1) is 0 Å². The van der Waals surface area contributed by atoms with E-state index in [1.807, 2.05) is 25.2 Å². The zero-order chi connectivity index (χ0) is 15.2. The molecule has 0 radical (unpaired) electrons. The zero-order valence-electron chi connectivity index (χ0n) is 12.9. The normalized spacial score (nSPS) is 15.4. The average Bonchev–Trinajstić information content (AvgIpc) is 3.30. The lowest BCUT2D eigenvalue weighted by Crippen LogP contribution is -2.26. The van der Waals surface area contributed by atoms with Gasteiger partial charge in [0.15, 0.2) is 11.5 Å². The van der Waals surface area contributed by atoms with Crippen LogP contribution >= 0.6 is 0 Å². The molecule has 2 N–H and O–H groups in total. The zero-order valence-corrected chi connectivity index (χ0v) is 12.9. The molecule has 2 rings (SSSR count). The summed E-state index contributed by atoms with van der Waals surface area (Å²) in [6.07, 6.45) is 2.57. The Hall–Kier alpha value is -1.75. The van der Waals surface area contributed by atoms with E-state index in [1.54, 1.807) is 7.11 Å². The van der Waals surface area contributed by atoms with Gasteiger partial charge in [0.1, 0.15) is 0 Å². The van der Waals surface area contributed by atoms with Crippen LogP contribution in [-0.2, 0) is 4.79 Å². The molecule has 0 bridgehead atoms. The van der Waals surface area contributed by atoms with E-state index in [-0.39, 0.29) is 11.9 Å². The fraction of sp³-hybridized carbons (Fsp3) is 0.562. The number of hydrogen-bond acceptors (Lipinski definition) is 4. The van der Waals surface area contributed by atoms with Crippen molar-refractivity contribution in [3.05, 3.63) is 23.8 Å². The number of nitrogens with one attached hydrogen (secondary N) is 2. The summed E-state index contributed by atoms with van der Waals surface area (Å²) in [5.41, 5.74) is 1.13. The number of rotatable bonds is 8. The van der Waals surface area contributed by atoms with Gasteiger partial charge in [0.25, 0.3) is 0 Å². The molecule has 0 heterocycles. The van der Waals surface area contributed by atoms with Crippen LogP contribution in [0.15, 0.2) is 18.2 Å². The predicted octanol–water partition coefficient (Wildman–Crippen LogP) is 2.02. The first-order chi connectivity index (χ1) is 10.1. The smallest absolute Gasteiger partial charge is 0.223 e. The highest BCUT2D eigenvalue weighted by Crippen LogP contribution is 2.30. The molecule has 1 saturated carbocycles. The van der Waals surface area contributed by atoms with E-state index in [9.17, 15) is 4.79 Å². The van der Waals surface area contributed by atoms with E-state index in [0.717, 1.165) is 18.4 Å². The quantitative estimate of drug-likeness (QED) is 0.769. The van der Waals surface area contributed by atoms with Gasteiger partial charge in [0, 0.05) is 12.1 Å². The highest BCUT2D eigenvalue weighted by atomic mass is 16.5. The van der Waals surface area contributed by atoms with Crippen molar-refractivity contribution in [2.75, 3.05) is 20.8 Å². The summed E-state index contributed by atoms with van der Waals surface area (Å²) < 4.78 is 11.0. The van der Waals surface area contributed by atoms with Crippen LogP contribution in [0, 0.1) is 0 Å². The Kier molecular flexibility index (Phi) is 5.44. The summed E-state index contributed by atoms with van der Waals surface area (Å²) in [5, 5.41) is 6.13. The van der Waals surface area contributed by atoms with Crippen LogP contribution < -0.4 is 20.1 Å². The minimum atomic E-state index is 0.0527. The molecule has 1 aromatic rings. The molecule has 5 heteroatoms. The van der Waals surface area contributed by atoms with Crippen LogP contribution in [-0.4, -0.2) is 32.7 Å². The summed E-state index contributed by atoms with van der Waals surface area (Å²) in [6.45, 7) is 2.44. The summed E-state index contributed by atoms with van der Waals surface area (Å²) in [4.78, 5) is 11.6. The largest absolute Gasteiger partial charge is 0.493 e. The molecule has 0 aliphatic heterocycles. The molecule has 1 amide bonds. The van der Waals surface area contributed by atoms with Crippen LogP contribution in [0.1, 0.15) is 37.8 Å². The van der Waals surface area contributed by atoms with E-state index in [0.29, 0.717) is 30.6 Å². The van der Waals surface area contributed by atoms with Gasteiger partial charge < -0.3 is 20.1 Å². The number of methoxy groups -OCH3 is 1. The SMILES string of the molecule is CNC(C)c1ccc(OCCC(=O)NC2CC2)c(OC)c1. The second kappa shape index (κ2) is 7.31. The average molecular weight is 292 g/mol. The Morgan fingerprint density at radius 1 is 1.38 bits per heavy atom. The van der Waals surface area contributed by atoms with Gasteiger partial charge in [-0.1, -0.05) is 6.07 Å². The van der Waals surface area contributed by atoms with E-state index in [1.165, 1.54) is 0 Å². The summed E-state index contributed by atoms with van der Waals surface area (Å²) in [7, 11) is 3.54. The van der Waals surface area contributed by atoms with Crippen molar-refractivity contribution in [1.82, 2.24) is 10.6 Å². The fourth-order valence-corrected chi connectivity index (χ4v) is 2.02. The minimum absolute atomic E-state index is 0.0527. The number of hydrogen-bond donors (Lipinski definition) is 2. The second-order valence-electron chi connectivity index (χ2n) is 5.36. The van der Waals surface area contributed by atoms with Crippen molar-refractivity contribution in [2.45, 2.75) is 38.3 Å². The summed E-state index contributed by atoms with van der Waals surface area (Å²) in [6, 6.07) is 6.50. The maximum absolute atomic E-state index is 11.6. The monoisotopic (exact) mass is 292 g/mol. The standard InChI is InChI=1S/C16H24N2O3/c1-11(17-2)12-4-7-14(15(10-12)20-3)21-9-8-16(19)18-13-5-6-13/h4,7,10-11,13,17H,5-6,8-9H2,1-3H3,(H,18,19). The third-order valence-electron chi connectivity index (χ3n) is 3.65. The van der Waals surface area contributed by atoms with Gasteiger partial charge in [-0.2, -0.15) is 0 Å². The molecule has 1 unspecified atom stereocenters. The van der Waals surface area contributed by atoms with Gasteiger partial charge in [-0.3, -0.25) is 4.79 Å². The molecule has 5 nitrogen and oxygen atoms in total. The molecule has 1 fully saturated rings. The molecule has 0 saturated heterocycles. The highest BCUT2D eigenvalue weighted by molar-refractivity contribution is 5.76. The number of carbonyl (C=O) groups is 1. The van der Waals surface area contributed by atoms with Crippen molar-refractivity contribution >= 4 is 5.91 Å². The van der Waals surface area contributed by atoms with Crippen LogP contribution in [0.4, 0.5) is 0 Å². The Labute approximate surface area is 126 Å². The summed E-state index contributed by atoms with van der Waals surface area (Å²) in [5.74, 6) is 1.41. The summed E-state index contributed by atoms with van der Waals surface area (Å²) >= 11 is 0. The van der Waals surface area contributed by atoms with E-state index >= 15 is 0 Å². The topological polar surface area (TPSA) is 59.6 Å². The number of amides is 1. The van der Waals surface area contributed by atoms with Crippen molar-refractivity contribution in [1.29, 1.82) is 0 Å². The van der Waals surface area contributed by atoms with E-state index in [4.69, 9.17) is 9.47 Å². The van der Waals surface area contributed by atoms with Crippen LogP contribution in [0.25, 0.3) is 0 Å². The molecular formula is C16H24N2O3. The maximum atomic E-state index is 11.6. The Morgan fingerprint density at radius 2 is 2.14 bits per heavy atom. The van der Waals surface area contributed by atoms with Gasteiger partial charge >= 0.3 is 0 Å². The fourth-order valence-electron chi connectivity index (χ4n) is 2.02. The lowest BCUT2D eigenvalue weighted by molar-refractivity contribution is -0.121. The minimum Gasteiger partial charge on any atom is -0.493 e. The van der Waals surface area contributed by atoms with Crippen LogP contribution in [0.5, 0.6) is 11.5 Å². The van der Waals surface area contributed by atoms with Gasteiger partial charge in [-0.25, -0.2) is 0 Å². The van der Waals surface area contributed by atoms with E-state index < -0.39 is 0 Å². The number of carbonyl (C=O) groups excluding carboxylic acids is 1. The van der Waals surface area contributed by atoms with Crippen molar-refractivity contribution in [3.63, 3.8) is 0 Å². The Morgan fingerprint density at radius 3 is 2.76 bits per heavy atom. The molecule has 0 spiro atoms. The highest BCUT2D eigenvalue weighted by Gasteiger charge is 2.22. The van der Waals surface area contributed by atoms with Crippen molar-refractivity contribution in [2.24, 2.45) is 0 Å². The number of ether oxygens (including phenoxy) is 2.